The van der Waals surface area contributed by atoms with Crippen molar-refractivity contribution in [3.63, 3.8) is 0 Å². The summed E-state index contributed by atoms with van der Waals surface area (Å²) in [4.78, 5) is 25.3. The van der Waals surface area contributed by atoms with Gasteiger partial charge in [0.2, 0.25) is 0 Å². The number of phenolic OH excluding ortho intramolecular Hbond substituents is 1. The second-order valence-electron chi connectivity index (χ2n) is 6.62. The van der Waals surface area contributed by atoms with E-state index in [1.165, 1.54) is 20.3 Å². The molecular formula is C21H20ClN3O5S. The zero-order valence-corrected chi connectivity index (χ0v) is 18.5. The van der Waals surface area contributed by atoms with Crippen LogP contribution < -0.4 is 20.7 Å². The second kappa shape index (κ2) is 9.23. The molecule has 162 valence electrons. The molecule has 3 rings (SSSR count). The van der Waals surface area contributed by atoms with Crippen molar-refractivity contribution in [1.82, 2.24) is 10.6 Å². The average Bonchev–Trinajstić information content (AvgIpc) is 2.74. The SMILES string of the molecule is COC(=O)c1ccccc1NC(=O)C1=C(C)NC(=S)N[C@@H]1c1cc(Cl)c(O)c(OC)c1. The Labute approximate surface area is 189 Å². The fourth-order valence-electron chi connectivity index (χ4n) is 3.23. The highest BCUT2D eigenvalue weighted by molar-refractivity contribution is 7.80. The molecular weight excluding hydrogens is 442 g/mol. The van der Waals surface area contributed by atoms with Gasteiger partial charge in [0.05, 0.1) is 42.1 Å². The number of aromatic hydroxyl groups is 1. The van der Waals surface area contributed by atoms with Gasteiger partial charge < -0.3 is 30.5 Å². The van der Waals surface area contributed by atoms with Crippen LogP contribution in [0.1, 0.15) is 28.9 Å². The number of nitrogens with one attached hydrogen (secondary N) is 3. The van der Waals surface area contributed by atoms with Crippen LogP contribution in [0.4, 0.5) is 5.69 Å². The van der Waals surface area contributed by atoms with Crippen molar-refractivity contribution >= 4 is 46.5 Å². The molecule has 2 aromatic rings. The van der Waals surface area contributed by atoms with Gasteiger partial charge in [-0.15, -0.1) is 0 Å². The molecule has 0 fully saturated rings. The number of hydrogen-bond donors (Lipinski definition) is 4. The molecule has 1 heterocycles. The van der Waals surface area contributed by atoms with Crippen molar-refractivity contribution in [3.8, 4) is 11.5 Å². The summed E-state index contributed by atoms with van der Waals surface area (Å²) in [5, 5.41) is 19.2. The molecule has 0 unspecified atom stereocenters. The van der Waals surface area contributed by atoms with Crippen LogP contribution in [0.2, 0.25) is 5.02 Å². The average molecular weight is 462 g/mol. The number of anilines is 1. The number of hydrogen-bond acceptors (Lipinski definition) is 6. The molecule has 10 heteroatoms. The minimum Gasteiger partial charge on any atom is -0.503 e. The molecule has 1 aliphatic rings. The number of halogens is 1. The Hall–Kier alpha value is -3.30. The molecule has 0 radical (unpaired) electrons. The first kappa shape index (κ1) is 22.4. The number of carbonyl (C=O) groups is 2. The predicted molar refractivity (Wildman–Crippen MR) is 120 cm³/mol. The lowest BCUT2D eigenvalue weighted by Gasteiger charge is -2.31. The third-order valence-corrected chi connectivity index (χ3v) is 5.21. The topological polar surface area (TPSA) is 109 Å². The van der Waals surface area contributed by atoms with Crippen LogP contribution in [0.5, 0.6) is 11.5 Å². The summed E-state index contributed by atoms with van der Waals surface area (Å²) in [6, 6.07) is 8.91. The number of rotatable bonds is 5. The monoisotopic (exact) mass is 461 g/mol. The number of para-hydroxylation sites is 1. The minimum absolute atomic E-state index is 0.0639. The van der Waals surface area contributed by atoms with Gasteiger partial charge in [0.15, 0.2) is 16.6 Å². The van der Waals surface area contributed by atoms with E-state index in [2.05, 4.69) is 16.0 Å². The third-order valence-electron chi connectivity index (χ3n) is 4.70. The molecule has 1 amide bonds. The molecule has 8 nitrogen and oxygen atoms in total. The van der Waals surface area contributed by atoms with Crippen molar-refractivity contribution in [2.75, 3.05) is 19.5 Å². The van der Waals surface area contributed by atoms with Crippen LogP contribution in [0.15, 0.2) is 47.7 Å². The van der Waals surface area contributed by atoms with Crippen LogP contribution in [0, 0.1) is 0 Å². The zero-order chi connectivity index (χ0) is 22.7. The molecule has 4 N–H and O–H groups in total. The quantitative estimate of drug-likeness (QED) is 0.397. The Morgan fingerprint density at radius 3 is 2.61 bits per heavy atom. The molecule has 1 aliphatic heterocycles. The van der Waals surface area contributed by atoms with E-state index in [1.54, 1.807) is 37.3 Å². The standard InChI is InChI=1S/C21H20ClN3O5S/c1-10-16(19(27)24-14-7-5-4-6-12(14)20(28)30-3)17(25-21(31)23-10)11-8-13(22)18(26)15(9-11)29-2/h4-9,17,26H,1-3H3,(H,24,27)(H2,23,25,31)/t17-/m1/s1. The Balaban J connectivity index is 2.03. The number of ether oxygens (including phenoxy) is 2. The van der Waals surface area contributed by atoms with Crippen LogP contribution in [0.25, 0.3) is 0 Å². The van der Waals surface area contributed by atoms with Crippen molar-refractivity contribution in [3.05, 3.63) is 63.8 Å². The zero-order valence-electron chi connectivity index (χ0n) is 16.9. The highest BCUT2D eigenvalue weighted by atomic mass is 35.5. The van der Waals surface area contributed by atoms with Gasteiger partial charge in [-0.2, -0.15) is 0 Å². The Kier molecular flexibility index (Phi) is 6.67. The smallest absolute Gasteiger partial charge is 0.339 e. The number of phenols is 1. The Bertz CT molecular complexity index is 1100. The number of carbonyl (C=O) groups excluding carboxylic acids is 2. The number of benzene rings is 2. The number of methoxy groups -OCH3 is 2. The fourth-order valence-corrected chi connectivity index (χ4v) is 3.72. The first-order valence-corrected chi connectivity index (χ1v) is 9.88. The third kappa shape index (κ3) is 4.57. The van der Waals surface area contributed by atoms with Crippen molar-refractivity contribution < 1.29 is 24.2 Å². The summed E-state index contributed by atoms with van der Waals surface area (Å²) in [5.41, 5.74) is 1.90. The largest absolute Gasteiger partial charge is 0.503 e. The lowest BCUT2D eigenvalue weighted by atomic mass is 9.94. The lowest BCUT2D eigenvalue weighted by molar-refractivity contribution is -0.113. The summed E-state index contributed by atoms with van der Waals surface area (Å²) in [6.45, 7) is 1.71. The van der Waals surface area contributed by atoms with Crippen molar-refractivity contribution in [2.45, 2.75) is 13.0 Å². The lowest BCUT2D eigenvalue weighted by Crippen LogP contribution is -2.45. The predicted octanol–water partition coefficient (Wildman–Crippen LogP) is 3.27. The molecule has 0 spiro atoms. The van der Waals surface area contributed by atoms with Gasteiger partial charge >= 0.3 is 5.97 Å². The van der Waals surface area contributed by atoms with E-state index >= 15 is 0 Å². The van der Waals surface area contributed by atoms with E-state index in [4.69, 9.17) is 33.3 Å². The number of esters is 1. The molecule has 2 aromatic carbocycles. The van der Waals surface area contributed by atoms with E-state index in [9.17, 15) is 14.7 Å². The highest BCUT2D eigenvalue weighted by Crippen LogP contribution is 2.39. The molecule has 0 saturated heterocycles. The Morgan fingerprint density at radius 1 is 1.23 bits per heavy atom. The van der Waals surface area contributed by atoms with Gasteiger partial charge in [-0.25, -0.2) is 4.79 Å². The Morgan fingerprint density at radius 2 is 1.94 bits per heavy atom. The van der Waals surface area contributed by atoms with Gasteiger partial charge in [0.1, 0.15) is 0 Å². The molecule has 0 saturated carbocycles. The number of amides is 1. The van der Waals surface area contributed by atoms with E-state index in [1.807, 2.05) is 0 Å². The van der Waals surface area contributed by atoms with Crippen LogP contribution >= 0.6 is 23.8 Å². The summed E-state index contributed by atoms with van der Waals surface area (Å²) in [7, 11) is 2.66. The summed E-state index contributed by atoms with van der Waals surface area (Å²) in [5.74, 6) is -1.09. The summed E-state index contributed by atoms with van der Waals surface area (Å²) >= 11 is 11.4. The maximum absolute atomic E-state index is 13.3. The molecule has 0 aromatic heterocycles. The maximum Gasteiger partial charge on any atom is 0.339 e. The van der Waals surface area contributed by atoms with Gasteiger partial charge in [-0.3, -0.25) is 4.79 Å². The number of thiocarbonyl (C=S) groups is 1. The molecule has 31 heavy (non-hydrogen) atoms. The van der Waals surface area contributed by atoms with Crippen molar-refractivity contribution in [1.29, 1.82) is 0 Å². The maximum atomic E-state index is 13.3. The molecule has 1 atom stereocenters. The van der Waals surface area contributed by atoms with E-state index in [-0.39, 0.29) is 22.1 Å². The summed E-state index contributed by atoms with van der Waals surface area (Å²) in [6.07, 6.45) is 0. The van der Waals surface area contributed by atoms with Crippen molar-refractivity contribution in [2.24, 2.45) is 0 Å². The first-order valence-electron chi connectivity index (χ1n) is 9.10. The normalized spacial score (nSPS) is 15.6. The van der Waals surface area contributed by atoms with E-state index < -0.39 is 17.9 Å². The number of allylic oxidation sites excluding steroid dienone is 1. The highest BCUT2D eigenvalue weighted by Gasteiger charge is 2.31. The van der Waals surface area contributed by atoms with Gasteiger partial charge in [0, 0.05) is 5.70 Å². The van der Waals surface area contributed by atoms with Crippen LogP contribution in [-0.2, 0) is 9.53 Å². The van der Waals surface area contributed by atoms with Gasteiger partial charge in [-0.1, -0.05) is 23.7 Å². The first-order chi connectivity index (χ1) is 14.8. The van der Waals surface area contributed by atoms with Crippen LogP contribution in [-0.4, -0.2) is 36.3 Å². The van der Waals surface area contributed by atoms with E-state index in [0.29, 0.717) is 27.6 Å². The molecule has 0 bridgehead atoms. The van der Waals surface area contributed by atoms with Gasteiger partial charge in [-0.05, 0) is 49.0 Å². The van der Waals surface area contributed by atoms with E-state index in [0.717, 1.165) is 0 Å². The van der Waals surface area contributed by atoms with Crippen LogP contribution in [0.3, 0.4) is 0 Å². The fraction of sp³-hybridized carbons (Fsp3) is 0.190. The molecule has 0 aliphatic carbocycles. The minimum atomic E-state index is -0.689. The second-order valence-corrected chi connectivity index (χ2v) is 7.43. The summed E-state index contributed by atoms with van der Waals surface area (Å²) < 4.78 is 9.96. The van der Waals surface area contributed by atoms with Gasteiger partial charge in [0.25, 0.3) is 5.91 Å².